The van der Waals surface area contributed by atoms with Crippen molar-refractivity contribution in [3.63, 3.8) is 0 Å². The van der Waals surface area contributed by atoms with Gasteiger partial charge in [0.1, 0.15) is 5.75 Å². The summed E-state index contributed by atoms with van der Waals surface area (Å²) in [4.78, 5) is 25.7. The second-order valence-electron chi connectivity index (χ2n) is 6.22. The minimum Gasteiger partial charge on any atom is -0.495 e. The molecule has 2 aromatic carbocycles. The zero-order valence-corrected chi connectivity index (χ0v) is 17.8. The lowest BCUT2D eigenvalue weighted by atomic mass is 10.1. The summed E-state index contributed by atoms with van der Waals surface area (Å²) in [5.74, 6) is -0.469. The van der Waals surface area contributed by atoms with E-state index in [0.29, 0.717) is 22.0 Å². The maximum absolute atomic E-state index is 12.8. The fourth-order valence-corrected chi connectivity index (χ4v) is 3.82. The van der Waals surface area contributed by atoms with Gasteiger partial charge in [-0.2, -0.15) is 0 Å². The molecule has 8 nitrogen and oxygen atoms in total. The Morgan fingerprint density at radius 3 is 2.37 bits per heavy atom. The van der Waals surface area contributed by atoms with Crippen molar-refractivity contribution in [2.75, 3.05) is 28.7 Å². The van der Waals surface area contributed by atoms with Crippen molar-refractivity contribution < 1.29 is 22.7 Å². The highest BCUT2D eigenvalue weighted by Crippen LogP contribution is 2.29. The van der Waals surface area contributed by atoms with Crippen LogP contribution in [0.1, 0.15) is 20.0 Å². The monoisotopic (exact) mass is 445 g/mol. The molecular weight excluding hydrogens is 426 g/mol. The van der Waals surface area contributed by atoms with Crippen LogP contribution >= 0.6 is 11.3 Å². The van der Waals surface area contributed by atoms with Crippen LogP contribution in [0.2, 0.25) is 0 Å². The number of carbonyl (C=O) groups is 2. The Kier molecular flexibility index (Phi) is 6.38. The molecule has 3 rings (SSSR count). The van der Waals surface area contributed by atoms with Crippen molar-refractivity contribution in [3.8, 4) is 5.75 Å². The average molecular weight is 446 g/mol. The topological polar surface area (TPSA) is 114 Å². The SMILES string of the molecule is COc1ccc(NC(=O)c2ccccc2NC(=O)c2cccs2)cc1NS(C)(=O)=O. The van der Waals surface area contributed by atoms with Crippen LogP contribution < -0.4 is 20.1 Å². The van der Waals surface area contributed by atoms with Gasteiger partial charge in [-0.05, 0) is 41.8 Å². The fraction of sp³-hybridized carbons (Fsp3) is 0.100. The fourth-order valence-electron chi connectivity index (χ4n) is 2.65. The van der Waals surface area contributed by atoms with Crippen molar-refractivity contribution in [2.45, 2.75) is 0 Å². The number of para-hydroxylation sites is 1. The first-order valence-corrected chi connectivity index (χ1v) is 11.4. The molecule has 0 atom stereocenters. The van der Waals surface area contributed by atoms with Crippen LogP contribution in [0.3, 0.4) is 0 Å². The van der Waals surface area contributed by atoms with Crippen molar-refractivity contribution in [1.29, 1.82) is 0 Å². The van der Waals surface area contributed by atoms with Gasteiger partial charge >= 0.3 is 0 Å². The molecular formula is C20H19N3O5S2. The van der Waals surface area contributed by atoms with Crippen LogP contribution in [0, 0.1) is 0 Å². The van der Waals surface area contributed by atoms with Crippen molar-refractivity contribution in [3.05, 3.63) is 70.4 Å². The van der Waals surface area contributed by atoms with Crippen molar-refractivity contribution in [2.24, 2.45) is 0 Å². The van der Waals surface area contributed by atoms with Crippen LogP contribution in [-0.4, -0.2) is 33.6 Å². The summed E-state index contributed by atoms with van der Waals surface area (Å²) in [7, 11) is -2.13. The van der Waals surface area contributed by atoms with E-state index in [1.54, 1.807) is 47.8 Å². The van der Waals surface area contributed by atoms with Gasteiger partial charge in [0, 0.05) is 5.69 Å². The molecule has 1 aromatic heterocycles. The van der Waals surface area contributed by atoms with Gasteiger partial charge < -0.3 is 15.4 Å². The van der Waals surface area contributed by atoms with Gasteiger partial charge in [-0.1, -0.05) is 18.2 Å². The van der Waals surface area contributed by atoms with Gasteiger partial charge in [-0.25, -0.2) is 8.42 Å². The van der Waals surface area contributed by atoms with Gasteiger partial charge in [-0.3, -0.25) is 14.3 Å². The van der Waals surface area contributed by atoms with E-state index in [9.17, 15) is 18.0 Å². The van der Waals surface area contributed by atoms with E-state index in [-0.39, 0.29) is 17.2 Å². The van der Waals surface area contributed by atoms with E-state index in [1.165, 1.54) is 30.6 Å². The summed E-state index contributed by atoms with van der Waals surface area (Å²) >= 11 is 1.30. The van der Waals surface area contributed by atoms with E-state index in [1.807, 2.05) is 0 Å². The number of sulfonamides is 1. The minimum absolute atomic E-state index is 0.192. The zero-order valence-electron chi connectivity index (χ0n) is 16.1. The van der Waals surface area contributed by atoms with Crippen LogP contribution in [0.4, 0.5) is 17.1 Å². The Balaban J connectivity index is 1.83. The number of nitrogens with one attached hydrogen (secondary N) is 3. The van der Waals surface area contributed by atoms with Crippen LogP contribution in [0.15, 0.2) is 60.0 Å². The van der Waals surface area contributed by atoms with Crippen LogP contribution in [0.25, 0.3) is 0 Å². The lowest BCUT2D eigenvalue weighted by molar-refractivity contribution is 0.102. The molecule has 1 heterocycles. The van der Waals surface area contributed by atoms with Gasteiger partial charge in [0.25, 0.3) is 11.8 Å². The molecule has 10 heteroatoms. The molecule has 30 heavy (non-hydrogen) atoms. The Morgan fingerprint density at radius 1 is 0.933 bits per heavy atom. The highest BCUT2D eigenvalue weighted by Gasteiger charge is 2.16. The summed E-state index contributed by atoms with van der Waals surface area (Å²) in [6, 6.07) is 14.6. The smallest absolute Gasteiger partial charge is 0.265 e. The molecule has 0 spiro atoms. The standard InChI is InChI=1S/C20H19N3O5S2/c1-28-17-10-9-13(12-16(17)23-30(2,26)27)21-19(24)14-6-3-4-7-15(14)22-20(25)18-8-5-11-29-18/h3-12,23H,1-2H3,(H,21,24)(H,22,25). The quantitative estimate of drug-likeness (QED) is 0.514. The Labute approximate surface area is 177 Å². The highest BCUT2D eigenvalue weighted by molar-refractivity contribution is 7.92. The van der Waals surface area contributed by atoms with Crippen LogP contribution in [0.5, 0.6) is 5.75 Å². The normalized spacial score (nSPS) is 10.9. The van der Waals surface area contributed by atoms with Gasteiger partial charge in [-0.15, -0.1) is 11.3 Å². The number of amides is 2. The lowest BCUT2D eigenvalue weighted by Crippen LogP contribution is -2.18. The third-order valence-corrected chi connectivity index (χ3v) is 5.38. The van der Waals surface area contributed by atoms with Gasteiger partial charge in [0.05, 0.1) is 35.2 Å². The second-order valence-corrected chi connectivity index (χ2v) is 8.92. The molecule has 3 aromatic rings. The van der Waals surface area contributed by atoms with E-state index < -0.39 is 15.9 Å². The van der Waals surface area contributed by atoms with Gasteiger partial charge in [0.15, 0.2) is 0 Å². The van der Waals surface area contributed by atoms with Crippen molar-refractivity contribution in [1.82, 2.24) is 0 Å². The maximum atomic E-state index is 12.8. The maximum Gasteiger partial charge on any atom is 0.265 e. The van der Waals surface area contributed by atoms with E-state index in [0.717, 1.165) is 6.26 Å². The predicted molar refractivity (Wildman–Crippen MR) is 118 cm³/mol. The molecule has 2 amide bonds. The summed E-state index contributed by atoms with van der Waals surface area (Å²) < 4.78 is 30.6. The molecule has 0 unspecified atom stereocenters. The van der Waals surface area contributed by atoms with Crippen molar-refractivity contribution >= 4 is 50.2 Å². The number of hydrogen-bond donors (Lipinski definition) is 3. The minimum atomic E-state index is -3.54. The number of methoxy groups -OCH3 is 1. The third kappa shape index (κ3) is 5.37. The van der Waals surface area contributed by atoms with E-state index in [4.69, 9.17) is 4.74 Å². The number of carbonyl (C=O) groups excluding carboxylic acids is 2. The lowest BCUT2D eigenvalue weighted by Gasteiger charge is -2.14. The summed E-state index contributed by atoms with van der Waals surface area (Å²) in [5.41, 5.74) is 1.16. The Hall–Kier alpha value is -3.37. The first-order valence-electron chi connectivity index (χ1n) is 8.68. The Bertz CT molecular complexity index is 1170. The number of anilines is 3. The molecule has 156 valence electrons. The third-order valence-electron chi connectivity index (χ3n) is 3.92. The first kappa shape index (κ1) is 21.3. The number of thiophene rings is 1. The predicted octanol–water partition coefficient (Wildman–Crippen LogP) is 3.63. The summed E-state index contributed by atoms with van der Waals surface area (Å²) in [6.45, 7) is 0. The molecule has 0 aliphatic carbocycles. The Morgan fingerprint density at radius 2 is 1.70 bits per heavy atom. The van der Waals surface area contributed by atoms with E-state index >= 15 is 0 Å². The first-order chi connectivity index (χ1) is 14.3. The average Bonchev–Trinajstić information content (AvgIpc) is 3.22. The summed E-state index contributed by atoms with van der Waals surface area (Å²) in [6.07, 6.45) is 1.02. The second kappa shape index (κ2) is 8.97. The highest BCUT2D eigenvalue weighted by atomic mass is 32.2. The van der Waals surface area contributed by atoms with E-state index in [2.05, 4.69) is 15.4 Å². The molecule has 0 bridgehead atoms. The van der Waals surface area contributed by atoms with Crippen LogP contribution in [-0.2, 0) is 10.0 Å². The molecule has 0 aliphatic heterocycles. The molecule has 0 aliphatic rings. The number of hydrogen-bond acceptors (Lipinski definition) is 6. The number of rotatable bonds is 7. The molecule has 0 radical (unpaired) electrons. The molecule has 0 saturated heterocycles. The zero-order chi connectivity index (χ0) is 21.7. The van der Waals surface area contributed by atoms with Gasteiger partial charge in [0.2, 0.25) is 10.0 Å². The molecule has 0 fully saturated rings. The molecule has 3 N–H and O–H groups in total. The number of benzene rings is 2. The number of ether oxygens (including phenoxy) is 1. The largest absolute Gasteiger partial charge is 0.495 e. The molecule has 0 saturated carbocycles. The summed E-state index contributed by atoms with van der Waals surface area (Å²) in [5, 5.41) is 7.24.